The molecule has 4 N–H and O–H groups in total. The van der Waals surface area contributed by atoms with E-state index in [-0.39, 0.29) is 11.9 Å². The third-order valence-corrected chi connectivity index (χ3v) is 6.07. The largest absolute Gasteiger partial charge is 0.351 e. The van der Waals surface area contributed by atoms with Crippen molar-refractivity contribution in [2.24, 2.45) is 5.73 Å². The fourth-order valence-electron chi connectivity index (χ4n) is 4.50. The van der Waals surface area contributed by atoms with Gasteiger partial charge in [-0.05, 0) is 56.3 Å². The molecule has 2 aromatic rings. The van der Waals surface area contributed by atoms with E-state index in [9.17, 15) is 9.59 Å². The number of hydrogen-bond acceptors (Lipinski definition) is 3. The molecule has 2 unspecified atom stereocenters. The second kappa shape index (κ2) is 9.30. The minimum absolute atomic E-state index is 0.0519. The number of anilines is 1. The first-order chi connectivity index (χ1) is 14.4. The van der Waals surface area contributed by atoms with Crippen LogP contribution >= 0.6 is 0 Å². The smallest absolute Gasteiger partial charge is 0.315 e. The third kappa shape index (κ3) is 4.65. The first-order valence-corrected chi connectivity index (χ1v) is 10.6. The zero-order valence-corrected chi connectivity index (χ0v) is 18.1. The van der Waals surface area contributed by atoms with Crippen LogP contribution < -0.4 is 16.4 Å². The topological polar surface area (TPSA) is 87.5 Å². The number of aryl methyl sites for hydroxylation is 2. The Kier molecular flexibility index (Phi) is 6.77. The number of likely N-dealkylation sites (tertiary alicyclic amines) is 1. The number of rotatable bonds is 6. The molecule has 1 fully saturated rings. The van der Waals surface area contributed by atoms with Crippen LogP contribution in [0.25, 0.3) is 0 Å². The summed E-state index contributed by atoms with van der Waals surface area (Å²) in [6.45, 7) is 7.10. The lowest BCUT2D eigenvalue weighted by molar-refractivity contribution is -0.125. The minimum atomic E-state index is -0.755. The van der Waals surface area contributed by atoms with Crippen molar-refractivity contribution in [1.82, 2.24) is 10.2 Å². The number of piperidine rings is 1. The van der Waals surface area contributed by atoms with Gasteiger partial charge in [-0.15, -0.1) is 0 Å². The number of carbonyl (C=O) groups is 2. The lowest BCUT2D eigenvalue weighted by Gasteiger charge is -2.45. The van der Waals surface area contributed by atoms with Crippen LogP contribution in [0.3, 0.4) is 0 Å². The standard InChI is InChI=1S/C24H32N4O2/c1-4-26-24(22(29)27-21-17(2)9-8-10-18(21)3)13-14-28(23(25)30)20(16-24)15-19-11-6-5-7-12-19/h5-12,20,26H,4,13-16H2,1-3H3,(H2,25,30)(H,27,29). The van der Waals surface area contributed by atoms with Crippen molar-refractivity contribution in [3.05, 3.63) is 65.2 Å². The number of primary amides is 1. The van der Waals surface area contributed by atoms with Gasteiger partial charge in [0.2, 0.25) is 5.91 Å². The monoisotopic (exact) mass is 408 g/mol. The Morgan fingerprint density at radius 2 is 1.77 bits per heavy atom. The average molecular weight is 409 g/mol. The van der Waals surface area contributed by atoms with Gasteiger partial charge in [-0.25, -0.2) is 4.79 Å². The van der Waals surface area contributed by atoms with Gasteiger partial charge in [0.15, 0.2) is 0 Å². The fourth-order valence-corrected chi connectivity index (χ4v) is 4.50. The number of hydrogen-bond donors (Lipinski definition) is 3. The Labute approximate surface area is 178 Å². The van der Waals surface area contributed by atoms with Crippen molar-refractivity contribution in [2.45, 2.75) is 51.6 Å². The summed E-state index contributed by atoms with van der Waals surface area (Å²) in [5.41, 5.74) is 8.97. The molecule has 2 atom stereocenters. The number of nitrogens with two attached hydrogens (primary N) is 1. The molecular weight excluding hydrogens is 376 g/mol. The average Bonchev–Trinajstić information content (AvgIpc) is 2.71. The Morgan fingerprint density at radius 1 is 1.10 bits per heavy atom. The number of likely N-dealkylation sites (N-methyl/N-ethyl adjacent to an activating group) is 1. The van der Waals surface area contributed by atoms with E-state index in [0.29, 0.717) is 32.4 Å². The van der Waals surface area contributed by atoms with Crippen LogP contribution in [-0.2, 0) is 11.2 Å². The van der Waals surface area contributed by atoms with Crippen LogP contribution in [0.1, 0.15) is 36.5 Å². The van der Waals surface area contributed by atoms with E-state index in [4.69, 9.17) is 5.73 Å². The normalized spacial score (nSPS) is 21.3. The van der Waals surface area contributed by atoms with Crippen molar-refractivity contribution in [3.63, 3.8) is 0 Å². The number of urea groups is 1. The maximum absolute atomic E-state index is 13.6. The van der Waals surface area contributed by atoms with Crippen molar-refractivity contribution < 1.29 is 9.59 Å². The summed E-state index contributed by atoms with van der Waals surface area (Å²) in [5, 5.41) is 6.61. The van der Waals surface area contributed by atoms with Crippen molar-refractivity contribution in [3.8, 4) is 0 Å². The SMILES string of the molecule is CCNC1(C(=O)Nc2c(C)cccc2C)CCN(C(N)=O)C(Cc2ccccc2)C1. The van der Waals surface area contributed by atoms with E-state index in [1.165, 1.54) is 0 Å². The van der Waals surface area contributed by atoms with Gasteiger partial charge >= 0.3 is 6.03 Å². The molecule has 2 aromatic carbocycles. The molecule has 160 valence electrons. The zero-order valence-electron chi connectivity index (χ0n) is 18.1. The van der Waals surface area contributed by atoms with E-state index in [0.717, 1.165) is 22.4 Å². The molecule has 1 saturated heterocycles. The third-order valence-electron chi connectivity index (χ3n) is 6.07. The molecule has 3 rings (SSSR count). The van der Waals surface area contributed by atoms with Crippen molar-refractivity contribution in [2.75, 3.05) is 18.4 Å². The maximum Gasteiger partial charge on any atom is 0.315 e. The summed E-state index contributed by atoms with van der Waals surface area (Å²) in [6.07, 6.45) is 1.69. The Morgan fingerprint density at radius 3 is 2.37 bits per heavy atom. The highest BCUT2D eigenvalue weighted by atomic mass is 16.2. The number of para-hydroxylation sites is 1. The highest BCUT2D eigenvalue weighted by molar-refractivity contribution is 5.99. The molecule has 0 aliphatic carbocycles. The van der Waals surface area contributed by atoms with Gasteiger partial charge in [0, 0.05) is 18.3 Å². The molecule has 1 aliphatic heterocycles. The Hall–Kier alpha value is -2.86. The molecule has 6 heteroatoms. The number of amides is 3. The van der Waals surface area contributed by atoms with Crippen LogP contribution in [-0.4, -0.2) is 41.5 Å². The van der Waals surface area contributed by atoms with Gasteiger partial charge in [-0.3, -0.25) is 4.79 Å². The Balaban J connectivity index is 1.88. The van der Waals surface area contributed by atoms with Gasteiger partial charge in [0.05, 0.1) is 0 Å². The first kappa shape index (κ1) is 21.8. The lowest BCUT2D eigenvalue weighted by Crippen LogP contribution is -2.64. The van der Waals surface area contributed by atoms with E-state index >= 15 is 0 Å². The molecule has 1 aliphatic rings. The van der Waals surface area contributed by atoms with E-state index in [1.807, 2.05) is 69.3 Å². The maximum atomic E-state index is 13.6. The Bertz CT molecular complexity index is 879. The number of benzene rings is 2. The van der Waals surface area contributed by atoms with E-state index in [2.05, 4.69) is 10.6 Å². The van der Waals surface area contributed by atoms with Crippen LogP contribution in [0.4, 0.5) is 10.5 Å². The first-order valence-electron chi connectivity index (χ1n) is 10.6. The van der Waals surface area contributed by atoms with Gasteiger partial charge < -0.3 is 21.3 Å². The summed E-state index contributed by atoms with van der Waals surface area (Å²) in [5.74, 6) is -0.0519. The quantitative estimate of drug-likeness (QED) is 0.685. The molecule has 3 amide bonds. The second-order valence-corrected chi connectivity index (χ2v) is 8.16. The summed E-state index contributed by atoms with van der Waals surface area (Å²) in [7, 11) is 0. The van der Waals surface area contributed by atoms with Crippen LogP contribution in [0.15, 0.2) is 48.5 Å². The van der Waals surface area contributed by atoms with Crippen LogP contribution in [0.2, 0.25) is 0 Å². The highest BCUT2D eigenvalue weighted by Gasteiger charge is 2.45. The number of nitrogens with zero attached hydrogens (tertiary/aromatic N) is 1. The minimum Gasteiger partial charge on any atom is -0.351 e. The zero-order chi connectivity index (χ0) is 21.7. The summed E-state index contributed by atoms with van der Waals surface area (Å²) in [6, 6.07) is 15.4. The number of carbonyl (C=O) groups excluding carboxylic acids is 2. The van der Waals surface area contributed by atoms with E-state index < -0.39 is 11.6 Å². The fraction of sp³-hybridized carbons (Fsp3) is 0.417. The lowest BCUT2D eigenvalue weighted by atomic mass is 9.80. The molecule has 0 saturated carbocycles. The number of nitrogens with one attached hydrogen (secondary N) is 2. The molecular formula is C24H32N4O2. The predicted molar refractivity (Wildman–Crippen MR) is 120 cm³/mol. The van der Waals surface area contributed by atoms with E-state index in [1.54, 1.807) is 4.90 Å². The summed E-state index contributed by atoms with van der Waals surface area (Å²) in [4.78, 5) is 27.4. The second-order valence-electron chi connectivity index (χ2n) is 8.16. The van der Waals surface area contributed by atoms with Crippen molar-refractivity contribution in [1.29, 1.82) is 0 Å². The van der Waals surface area contributed by atoms with Gasteiger partial charge in [-0.1, -0.05) is 55.5 Å². The van der Waals surface area contributed by atoms with Gasteiger partial charge in [0.1, 0.15) is 5.54 Å². The molecule has 1 heterocycles. The van der Waals surface area contributed by atoms with Gasteiger partial charge in [-0.2, -0.15) is 0 Å². The summed E-state index contributed by atoms with van der Waals surface area (Å²) >= 11 is 0. The van der Waals surface area contributed by atoms with Crippen molar-refractivity contribution >= 4 is 17.6 Å². The molecule has 30 heavy (non-hydrogen) atoms. The van der Waals surface area contributed by atoms with Gasteiger partial charge in [0.25, 0.3) is 0 Å². The van der Waals surface area contributed by atoms with Crippen LogP contribution in [0.5, 0.6) is 0 Å². The van der Waals surface area contributed by atoms with Crippen LogP contribution in [0, 0.1) is 13.8 Å². The highest BCUT2D eigenvalue weighted by Crippen LogP contribution is 2.31. The molecule has 6 nitrogen and oxygen atoms in total. The predicted octanol–water partition coefficient (Wildman–Crippen LogP) is 3.38. The molecule has 0 aromatic heterocycles. The molecule has 0 spiro atoms. The summed E-state index contributed by atoms with van der Waals surface area (Å²) < 4.78 is 0. The molecule has 0 bridgehead atoms. The molecule has 0 radical (unpaired) electrons.